The van der Waals surface area contributed by atoms with Crippen LogP contribution in [-0.4, -0.2) is 76.2 Å². The van der Waals surface area contributed by atoms with E-state index in [9.17, 15) is 9.18 Å². The van der Waals surface area contributed by atoms with Crippen molar-refractivity contribution in [2.75, 3.05) is 49.2 Å². The smallest absolute Gasteiger partial charge is 0.257 e. The second-order valence-corrected chi connectivity index (χ2v) is 9.16. The molecule has 3 aromatic rings. The fourth-order valence-corrected chi connectivity index (χ4v) is 4.08. The summed E-state index contributed by atoms with van der Waals surface area (Å²) in [6.45, 7) is 9.71. The van der Waals surface area contributed by atoms with Crippen LogP contribution in [0.2, 0.25) is 0 Å². The molecule has 2 aromatic heterocycles. The number of morpholine rings is 1. The Bertz CT molecular complexity index is 1450. The van der Waals surface area contributed by atoms with Gasteiger partial charge >= 0.3 is 0 Å². The van der Waals surface area contributed by atoms with Crippen LogP contribution in [0.5, 0.6) is 5.75 Å². The molecular formula is C28H33FN10O3. The van der Waals surface area contributed by atoms with Crippen LogP contribution in [0.3, 0.4) is 0 Å². The molecule has 1 aliphatic rings. The first-order valence-electron chi connectivity index (χ1n) is 13.3. The van der Waals surface area contributed by atoms with Gasteiger partial charge in [-0.05, 0) is 33.8 Å². The van der Waals surface area contributed by atoms with Crippen molar-refractivity contribution in [3.63, 3.8) is 0 Å². The second-order valence-electron chi connectivity index (χ2n) is 9.16. The minimum atomic E-state index is -0.694. The standard InChI is InChI=1S/C21H25FN6O3.C7H8N4/c1-5-24-19-14(8-23)9-25-21(27-19)26-17-7-16(22)15(6-18(17)30-4)20(29)28-10-12(2)31-13(3)11-28;1-2-9-7-10-4-6(3-8)5-11-7/h6-7,9,12-13H,5,10-11H2,1-4H3,(H2,24,25,26,27);4-5H,2H2,1H3,(H,9,10,11)/t12-,13+;. The molecule has 1 amide bonds. The highest BCUT2D eigenvalue weighted by Crippen LogP contribution is 2.31. The SMILES string of the molecule is CCNc1nc(Nc2cc(F)c(C(=O)N3C[C@@H](C)O[C@@H](C)C3)cc2OC)ncc1C#N.CCNc1ncc(C#N)cn1. The van der Waals surface area contributed by atoms with Crippen molar-refractivity contribution in [1.29, 1.82) is 10.5 Å². The second kappa shape index (κ2) is 15.1. The summed E-state index contributed by atoms with van der Waals surface area (Å²) in [5.74, 6) is 0.226. The lowest BCUT2D eigenvalue weighted by Crippen LogP contribution is -2.48. The fourth-order valence-electron chi connectivity index (χ4n) is 4.08. The van der Waals surface area contributed by atoms with Crippen LogP contribution in [0.15, 0.2) is 30.7 Å². The lowest BCUT2D eigenvalue weighted by molar-refractivity contribution is -0.0587. The molecule has 2 atom stereocenters. The maximum atomic E-state index is 14.9. The maximum absolute atomic E-state index is 14.9. The summed E-state index contributed by atoms with van der Waals surface area (Å²) in [5.41, 5.74) is 0.942. The minimum Gasteiger partial charge on any atom is -0.495 e. The van der Waals surface area contributed by atoms with Gasteiger partial charge in [0.15, 0.2) is 0 Å². The molecule has 0 radical (unpaired) electrons. The summed E-state index contributed by atoms with van der Waals surface area (Å²) in [6.07, 6.45) is 4.10. The fraction of sp³-hybridized carbons (Fsp3) is 0.393. The molecule has 1 fully saturated rings. The van der Waals surface area contributed by atoms with E-state index in [-0.39, 0.29) is 35.2 Å². The van der Waals surface area contributed by atoms with E-state index in [1.54, 1.807) is 4.90 Å². The Morgan fingerprint density at radius 2 is 1.69 bits per heavy atom. The van der Waals surface area contributed by atoms with E-state index in [0.717, 1.165) is 6.54 Å². The number of hydrogen-bond acceptors (Lipinski definition) is 12. The summed E-state index contributed by atoms with van der Waals surface area (Å²) >= 11 is 0. The third-order valence-corrected chi connectivity index (χ3v) is 5.84. The molecular weight excluding hydrogens is 543 g/mol. The van der Waals surface area contributed by atoms with Gasteiger partial charge in [0.05, 0.1) is 54.7 Å². The van der Waals surface area contributed by atoms with E-state index in [1.807, 2.05) is 39.8 Å². The molecule has 0 unspecified atom stereocenters. The van der Waals surface area contributed by atoms with E-state index < -0.39 is 11.7 Å². The number of ether oxygens (including phenoxy) is 2. The number of benzene rings is 1. The number of methoxy groups -OCH3 is 1. The number of rotatable bonds is 8. The molecule has 0 saturated carbocycles. The van der Waals surface area contributed by atoms with E-state index in [4.69, 9.17) is 20.0 Å². The average molecular weight is 577 g/mol. The van der Waals surface area contributed by atoms with Crippen LogP contribution in [0, 0.1) is 28.5 Å². The molecule has 13 nitrogen and oxygen atoms in total. The molecule has 0 bridgehead atoms. The molecule has 1 aromatic carbocycles. The quantitative estimate of drug-likeness (QED) is 0.355. The van der Waals surface area contributed by atoms with Gasteiger partial charge in [0, 0.05) is 32.2 Å². The number of halogens is 1. The van der Waals surface area contributed by atoms with E-state index in [0.29, 0.717) is 42.5 Å². The maximum Gasteiger partial charge on any atom is 0.257 e. The molecule has 0 aliphatic carbocycles. The van der Waals surface area contributed by atoms with Crippen molar-refractivity contribution in [2.45, 2.75) is 39.9 Å². The first-order valence-corrected chi connectivity index (χ1v) is 13.3. The summed E-state index contributed by atoms with van der Waals surface area (Å²) in [5, 5.41) is 26.4. The van der Waals surface area contributed by atoms with Gasteiger partial charge in [-0.2, -0.15) is 15.5 Å². The highest BCUT2D eigenvalue weighted by molar-refractivity contribution is 5.96. The Morgan fingerprint density at radius 1 is 1.05 bits per heavy atom. The zero-order valence-electron chi connectivity index (χ0n) is 24.1. The van der Waals surface area contributed by atoms with Gasteiger partial charge in [-0.1, -0.05) is 0 Å². The molecule has 3 N–H and O–H groups in total. The van der Waals surface area contributed by atoms with Crippen molar-refractivity contribution in [2.24, 2.45) is 0 Å². The van der Waals surface area contributed by atoms with E-state index >= 15 is 0 Å². The van der Waals surface area contributed by atoms with Gasteiger partial charge in [-0.15, -0.1) is 0 Å². The van der Waals surface area contributed by atoms with Crippen molar-refractivity contribution >= 4 is 29.3 Å². The highest BCUT2D eigenvalue weighted by Gasteiger charge is 2.29. The Kier molecular flexibility index (Phi) is 11.3. The van der Waals surface area contributed by atoms with Crippen LogP contribution in [0.25, 0.3) is 0 Å². The largest absolute Gasteiger partial charge is 0.495 e. The molecule has 14 heteroatoms. The molecule has 4 rings (SSSR count). The van der Waals surface area contributed by atoms with Crippen molar-refractivity contribution in [3.8, 4) is 17.9 Å². The first kappa shape index (κ1) is 31.4. The number of anilines is 4. The van der Waals surface area contributed by atoms with Gasteiger partial charge in [0.1, 0.15) is 35.1 Å². The lowest BCUT2D eigenvalue weighted by Gasteiger charge is -2.35. The molecule has 42 heavy (non-hydrogen) atoms. The molecule has 0 spiro atoms. The molecule has 220 valence electrons. The highest BCUT2D eigenvalue weighted by atomic mass is 19.1. The Hall–Kier alpha value is -5.08. The summed E-state index contributed by atoms with van der Waals surface area (Å²) < 4.78 is 25.9. The number of nitrogens with one attached hydrogen (secondary N) is 3. The number of aromatic nitrogens is 4. The van der Waals surface area contributed by atoms with Crippen LogP contribution in [0.4, 0.5) is 27.8 Å². The predicted octanol–water partition coefficient (Wildman–Crippen LogP) is 3.70. The van der Waals surface area contributed by atoms with Crippen LogP contribution in [-0.2, 0) is 4.74 Å². The van der Waals surface area contributed by atoms with Gasteiger partial charge < -0.3 is 30.3 Å². The summed E-state index contributed by atoms with van der Waals surface area (Å²) in [6, 6.07) is 6.49. The number of nitrogens with zero attached hydrogens (tertiary/aromatic N) is 7. The molecule has 1 aliphatic heterocycles. The number of nitriles is 2. The third-order valence-electron chi connectivity index (χ3n) is 5.84. The lowest BCUT2D eigenvalue weighted by atomic mass is 10.1. The van der Waals surface area contributed by atoms with Crippen LogP contribution < -0.4 is 20.7 Å². The predicted molar refractivity (Wildman–Crippen MR) is 154 cm³/mol. The van der Waals surface area contributed by atoms with Crippen molar-refractivity contribution < 1.29 is 18.7 Å². The zero-order valence-corrected chi connectivity index (χ0v) is 24.1. The topological polar surface area (TPSA) is 174 Å². The number of hydrogen-bond donors (Lipinski definition) is 3. The average Bonchev–Trinajstić information content (AvgIpc) is 2.98. The monoisotopic (exact) mass is 576 g/mol. The minimum absolute atomic E-state index is 0.0854. The molecule has 3 heterocycles. The normalized spacial score (nSPS) is 15.8. The summed E-state index contributed by atoms with van der Waals surface area (Å²) in [7, 11) is 1.43. The molecule has 1 saturated heterocycles. The van der Waals surface area contributed by atoms with Gasteiger partial charge in [0.2, 0.25) is 11.9 Å². The van der Waals surface area contributed by atoms with Crippen molar-refractivity contribution in [3.05, 3.63) is 53.2 Å². The Balaban J connectivity index is 0.000000369. The first-order chi connectivity index (χ1) is 20.2. The zero-order chi connectivity index (χ0) is 30.6. The number of carbonyl (C=O) groups is 1. The van der Waals surface area contributed by atoms with Gasteiger partial charge in [-0.3, -0.25) is 4.79 Å². The van der Waals surface area contributed by atoms with Gasteiger partial charge in [0.25, 0.3) is 5.91 Å². The third kappa shape index (κ3) is 8.22. The van der Waals surface area contributed by atoms with Crippen molar-refractivity contribution in [1.82, 2.24) is 24.8 Å². The summed E-state index contributed by atoms with van der Waals surface area (Å²) in [4.78, 5) is 30.6. The number of carbonyl (C=O) groups excluding carboxylic acids is 1. The van der Waals surface area contributed by atoms with Gasteiger partial charge in [-0.25, -0.2) is 19.3 Å². The number of amides is 1. The van der Waals surface area contributed by atoms with Crippen LogP contribution in [0.1, 0.15) is 49.2 Å². The Morgan fingerprint density at radius 3 is 2.26 bits per heavy atom. The van der Waals surface area contributed by atoms with Crippen LogP contribution >= 0.6 is 0 Å². The van der Waals surface area contributed by atoms with E-state index in [1.165, 1.54) is 37.8 Å². The Labute approximate surface area is 243 Å². The van der Waals surface area contributed by atoms with E-state index in [2.05, 4.69) is 35.9 Å².